The van der Waals surface area contributed by atoms with Gasteiger partial charge in [0.05, 0.1) is 12.2 Å². The van der Waals surface area contributed by atoms with Crippen molar-refractivity contribution < 1.29 is 8.78 Å². The Balaban J connectivity index is 2.00. The number of hydrogen-bond acceptors (Lipinski definition) is 3. The van der Waals surface area contributed by atoms with Gasteiger partial charge in [0.15, 0.2) is 5.65 Å². The lowest BCUT2D eigenvalue weighted by molar-refractivity contribution is -0.0446. The molecule has 19 heavy (non-hydrogen) atoms. The van der Waals surface area contributed by atoms with Gasteiger partial charge in [-0.1, -0.05) is 0 Å². The number of alkyl halides is 2. The van der Waals surface area contributed by atoms with Gasteiger partial charge in [0.25, 0.3) is 5.56 Å². The van der Waals surface area contributed by atoms with Gasteiger partial charge in [-0.25, -0.2) is 18.4 Å². The second-order valence-electron chi connectivity index (χ2n) is 5.06. The fraction of sp³-hybridized carbons (Fsp3) is 0.583. The van der Waals surface area contributed by atoms with Crippen molar-refractivity contribution in [2.45, 2.75) is 44.6 Å². The molecule has 0 saturated heterocycles. The van der Waals surface area contributed by atoms with Gasteiger partial charge < -0.3 is 4.98 Å². The highest BCUT2D eigenvalue weighted by Gasteiger charge is 2.36. The maximum Gasteiger partial charge on any atom is 0.262 e. The molecule has 1 aliphatic carbocycles. The predicted molar refractivity (Wildman–Crippen MR) is 65.3 cm³/mol. The van der Waals surface area contributed by atoms with E-state index in [2.05, 4.69) is 15.1 Å². The zero-order valence-corrected chi connectivity index (χ0v) is 10.5. The van der Waals surface area contributed by atoms with Crippen molar-refractivity contribution in [3.05, 3.63) is 22.4 Å². The number of aromatic nitrogens is 4. The molecule has 0 aromatic carbocycles. The molecule has 1 fully saturated rings. The molecule has 102 valence electrons. The number of rotatable bonds is 1. The van der Waals surface area contributed by atoms with Crippen LogP contribution >= 0.6 is 0 Å². The summed E-state index contributed by atoms with van der Waals surface area (Å²) in [5.74, 6) is -2.07. The standard InChI is InChI=1S/C12H14F2N4O/c1-7-16-10-9(11(19)17-7)6-15-18(10)8-2-4-12(13,14)5-3-8/h6,8H,2-5H2,1H3,(H,16,17,19). The molecule has 0 atom stereocenters. The van der Waals surface area contributed by atoms with E-state index in [9.17, 15) is 13.6 Å². The fourth-order valence-corrected chi connectivity index (χ4v) is 2.58. The number of fused-ring (bicyclic) bond motifs is 1. The number of hydrogen-bond donors (Lipinski definition) is 1. The minimum Gasteiger partial charge on any atom is -0.310 e. The van der Waals surface area contributed by atoms with E-state index in [1.165, 1.54) is 6.20 Å². The first-order valence-electron chi connectivity index (χ1n) is 6.28. The first-order valence-corrected chi connectivity index (χ1v) is 6.28. The zero-order valence-electron chi connectivity index (χ0n) is 10.5. The molecule has 3 rings (SSSR count). The highest BCUT2D eigenvalue weighted by Crippen LogP contribution is 2.38. The van der Waals surface area contributed by atoms with Gasteiger partial charge >= 0.3 is 0 Å². The minimum atomic E-state index is -2.57. The van der Waals surface area contributed by atoms with Gasteiger partial charge in [-0.15, -0.1) is 0 Å². The number of aromatic amines is 1. The van der Waals surface area contributed by atoms with Crippen molar-refractivity contribution in [1.29, 1.82) is 0 Å². The molecule has 2 aromatic heterocycles. The maximum absolute atomic E-state index is 13.2. The minimum absolute atomic E-state index is 0.106. The van der Waals surface area contributed by atoms with E-state index in [0.29, 0.717) is 29.7 Å². The molecule has 7 heteroatoms. The van der Waals surface area contributed by atoms with E-state index >= 15 is 0 Å². The Morgan fingerprint density at radius 2 is 2.11 bits per heavy atom. The van der Waals surface area contributed by atoms with E-state index in [-0.39, 0.29) is 24.4 Å². The summed E-state index contributed by atoms with van der Waals surface area (Å²) < 4.78 is 27.9. The Morgan fingerprint density at radius 1 is 1.42 bits per heavy atom. The molecule has 1 saturated carbocycles. The molecular weight excluding hydrogens is 254 g/mol. The Morgan fingerprint density at radius 3 is 2.79 bits per heavy atom. The first kappa shape index (κ1) is 12.3. The van der Waals surface area contributed by atoms with Crippen LogP contribution in [0.1, 0.15) is 37.5 Å². The Hall–Kier alpha value is -1.79. The molecule has 0 aliphatic heterocycles. The third kappa shape index (κ3) is 2.13. The summed E-state index contributed by atoms with van der Waals surface area (Å²) in [6, 6.07) is -0.106. The summed E-state index contributed by atoms with van der Waals surface area (Å²) in [6.45, 7) is 1.69. The number of aryl methyl sites for hydroxylation is 1. The molecule has 1 aliphatic rings. The summed E-state index contributed by atoms with van der Waals surface area (Å²) >= 11 is 0. The van der Waals surface area contributed by atoms with Gasteiger partial charge in [-0.3, -0.25) is 4.79 Å². The topological polar surface area (TPSA) is 63.6 Å². The van der Waals surface area contributed by atoms with Crippen LogP contribution in [0.15, 0.2) is 11.0 Å². The van der Waals surface area contributed by atoms with Crippen LogP contribution in [0.4, 0.5) is 8.78 Å². The summed E-state index contributed by atoms with van der Waals surface area (Å²) in [4.78, 5) is 18.6. The summed E-state index contributed by atoms with van der Waals surface area (Å²) in [7, 11) is 0. The summed E-state index contributed by atoms with van der Waals surface area (Å²) in [5.41, 5.74) is 0.242. The van der Waals surface area contributed by atoms with Gasteiger partial charge in [0.2, 0.25) is 5.92 Å². The third-order valence-corrected chi connectivity index (χ3v) is 3.61. The lowest BCUT2D eigenvalue weighted by atomic mass is 9.92. The van der Waals surface area contributed by atoms with Crippen molar-refractivity contribution in [1.82, 2.24) is 19.7 Å². The van der Waals surface area contributed by atoms with E-state index in [1.807, 2.05) is 0 Å². The monoisotopic (exact) mass is 268 g/mol. The molecule has 1 N–H and O–H groups in total. The second-order valence-corrected chi connectivity index (χ2v) is 5.06. The van der Waals surface area contributed by atoms with Crippen LogP contribution in [0, 0.1) is 6.92 Å². The number of H-pyrrole nitrogens is 1. The van der Waals surface area contributed by atoms with Gasteiger partial charge in [0, 0.05) is 12.8 Å². The van der Waals surface area contributed by atoms with Gasteiger partial charge in [0.1, 0.15) is 11.2 Å². The lowest BCUT2D eigenvalue weighted by Gasteiger charge is -2.28. The zero-order chi connectivity index (χ0) is 13.6. The van der Waals surface area contributed by atoms with Crippen LogP contribution in [0.25, 0.3) is 11.0 Å². The normalized spacial score (nSPS) is 19.9. The molecule has 0 amide bonds. The highest BCUT2D eigenvalue weighted by molar-refractivity contribution is 5.73. The van der Waals surface area contributed by atoms with Crippen LogP contribution in [0.3, 0.4) is 0 Å². The molecule has 0 unspecified atom stereocenters. The van der Waals surface area contributed by atoms with Crippen molar-refractivity contribution in [2.75, 3.05) is 0 Å². The van der Waals surface area contributed by atoms with E-state index in [4.69, 9.17) is 0 Å². The lowest BCUT2D eigenvalue weighted by Crippen LogP contribution is -2.27. The Labute approximate surface area is 107 Å². The number of halogens is 2. The van der Waals surface area contributed by atoms with Crippen LogP contribution in [-0.2, 0) is 0 Å². The predicted octanol–water partition coefficient (Wildman–Crippen LogP) is 2.18. The Bertz CT molecular complexity index is 666. The quantitative estimate of drug-likeness (QED) is 0.862. The molecule has 5 nitrogen and oxygen atoms in total. The second kappa shape index (κ2) is 4.11. The van der Waals surface area contributed by atoms with E-state index in [0.717, 1.165) is 0 Å². The molecule has 2 heterocycles. The summed E-state index contributed by atoms with van der Waals surface area (Å²) in [6.07, 6.45) is 1.89. The highest BCUT2D eigenvalue weighted by atomic mass is 19.3. The van der Waals surface area contributed by atoms with Crippen molar-refractivity contribution >= 4 is 11.0 Å². The fourth-order valence-electron chi connectivity index (χ4n) is 2.58. The van der Waals surface area contributed by atoms with Crippen LogP contribution in [-0.4, -0.2) is 25.7 Å². The van der Waals surface area contributed by atoms with Crippen molar-refractivity contribution in [2.24, 2.45) is 0 Å². The van der Waals surface area contributed by atoms with E-state index in [1.54, 1.807) is 11.6 Å². The molecule has 0 radical (unpaired) electrons. The van der Waals surface area contributed by atoms with Gasteiger partial charge in [-0.2, -0.15) is 5.10 Å². The average molecular weight is 268 g/mol. The number of nitrogens with one attached hydrogen (secondary N) is 1. The SMILES string of the molecule is Cc1nc2c(cnn2C2CCC(F)(F)CC2)c(=O)[nH]1. The molecule has 2 aromatic rings. The average Bonchev–Trinajstić information content (AvgIpc) is 2.73. The maximum atomic E-state index is 13.2. The molecule has 0 bridgehead atoms. The number of nitrogens with zero attached hydrogens (tertiary/aromatic N) is 3. The van der Waals surface area contributed by atoms with Crippen molar-refractivity contribution in [3.8, 4) is 0 Å². The van der Waals surface area contributed by atoms with E-state index < -0.39 is 5.92 Å². The third-order valence-electron chi connectivity index (χ3n) is 3.61. The van der Waals surface area contributed by atoms with Crippen LogP contribution in [0.2, 0.25) is 0 Å². The van der Waals surface area contributed by atoms with Crippen molar-refractivity contribution in [3.63, 3.8) is 0 Å². The molecular formula is C12H14F2N4O. The van der Waals surface area contributed by atoms with Crippen LogP contribution < -0.4 is 5.56 Å². The largest absolute Gasteiger partial charge is 0.310 e. The van der Waals surface area contributed by atoms with Crippen LogP contribution in [0.5, 0.6) is 0 Å². The Kier molecular flexibility index (Phi) is 2.65. The first-order chi connectivity index (χ1) is 8.96. The smallest absolute Gasteiger partial charge is 0.262 e. The van der Waals surface area contributed by atoms with Gasteiger partial charge in [-0.05, 0) is 19.8 Å². The summed E-state index contributed by atoms with van der Waals surface area (Å²) in [5, 5.41) is 4.56. The molecule has 0 spiro atoms.